The van der Waals surface area contributed by atoms with Crippen molar-refractivity contribution in [3.8, 4) is 17.2 Å². The van der Waals surface area contributed by atoms with E-state index in [9.17, 15) is 19.2 Å². The highest BCUT2D eigenvalue weighted by Crippen LogP contribution is 2.37. The number of urea groups is 1. The lowest BCUT2D eigenvalue weighted by Crippen LogP contribution is -2.57. The van der Waals surface area contributed by atoms with Crippen molar-refractivity contribution < 1.29 is 38.2 Å². The number of hydrogen-bond acceptors (Lipinski definition) is 13. The van der Waals surface area contributed by atoms with E-state index in [1.807, 2.05) is 26.0 Å². The lowest BCUT2D eigenvalue weighted by atomic mass is 9.85. The van der Waals surface area contributed by atoms with Crippen molar-refractivity contribution in [2.75, 3.05) is 36.7 Å². The van der Waals surface area contributed by atoms with Crippen LogP contribution in [0.25, 0.3) is 0 Å². The number of hydrogen-bond donors (Lipinski definition) is 5. The number of ether oxygens (including phenoxy) is 3. The third-order valence-electron chi connectivity index (χ3n) is 9.01. The molecule has 1 aliphatic rings. The Balaban J connectivity index is 1.52. The summed E-state index contributed by atoms with van der Waals surface area (Å²) in [4.78, 5) is 58.0. The van der Waals surface area contributed by atoms with Crippen LogP contribution in [0.2, 0.25) is 0 Å². The Bertz CT molecular complexity index is 1790. The van der Waals surface area contributed by atoms with Gasteiger partial charge in [-0.2, -0.15) is 5.90 Å². The molecular weight excluding hydrogens is 672 g/mol. The van der Waals surface area contributed by atoms with Crippen molar-refractivity contribution in [1.82, 2.24) is 10.4 Å². The number of ketones is 1. The summed E-state index contributed by atoms with van der Waals surface area (Å²) in [5.41, 5.74) is 4.59. The minimum atomic E-state index is -1.17. The van der Waals surface area contributed by atoms with E-state index >= 15 is 0 Å². The molecule has 1 fully saturated rings. The summed E-state index contributed by atoms with van der Waals surface area (Å²) in [5, 5.41) is 6.45. The van der Waals surface area contributed by atoms with Crippen LogP contribution in [0.4, 0.5) is 21.9 Å². The number of rotatable bonds is 14. The average Bonchev–Trinajstić information content (AvgIpc) is 3.14. The van der Waals surface area contributed by atoms with Gasteiger partial charge in [0, 0.05) is 24.4 Å². The maximum Gasteiger partial charge on any atom is 0.357 e. The fraction of sp³-hybridized carbons (Fsp3) is 0.389. The summed E-state index contributed by atoms with van der Waals surface area (Å²) in [5.74, 6) is 16.6. The molecule has 1 saturated heterocycles. The van der Waals surface area contributed by atoms with Crippen molar-refractivity contribution in [2.45, 2.75) is 64.6 Å². The van der Waals surface area contributed by atoms with E-state index in [0.717, 1.165) is 15.6 Å². The predicted octanol–water partition coefficient (Wildman–Crippen LogP) is 3.64. The standard InChI is InChI=1S/C36H48N8O8/c1-21-10-8-9-11-27(21)43(38)35(48)42(37)25-13-14-26(30(19-25)50-6)40-36(3,4)32(45)18-24-16-22(2)41-44(34(24)47)28(20-33(46)52-39)23-12-15-29(49-5)31(17-23)51-7/h8-15,17,19,22,24,28,40-41H,16,18,20,37-39H2,1-7H3. The lowest BCUT2D eigenvalue weighted by molar-refractivity contribution is -0.155. The van der Waals surface area contributed by atoms with Crippen LogP contribution in [0.1, 0.15) is 57.2 Å². The fourth-order valence-electron chi connectivity index (χ4n) is 6.10. The number of methoxy groups -OCH3 is 3. The molecule has 3 atom stereocenters. The number of Topliss-reactive ketones (excluding diaryl/α,β-unsaturated/α-hetero) is 1. The molecular formula is C36H48N8O8. The number of nitrogens with two attached hydrogens (primary N) is 3. The molecule has 280 valence electrons. The minimum absolute atomic E-state index is 0.0991. The second kappa shape index (κ2) is 16.7. The van der Waals surface area contributed by atoms with Gasteiger partial charge in [0.25, 0.3) is 0 Å². The Morgan fingerprint density at radius 1 is 0.962 bits per heavy atom. The van der Waals surface area contributed by atoms with E-state index in [4.69, 9.17) is 31.8 Å². The largest absolute Gasteiger partial charge is 0.495 e. The van der Waals surface area contributed by atoms with Gasteiger partial charge in [-0.3, -0.25) is 19.4 Å². The van der Waals surface area contributed by atoms with Crippen molar-refractivity contribution in [2.24, 2.45) is 23.5 Å². The molecule has 0 bridgehead atoms. The molecule has 0 aromatic heterocycles. The molecule has 1 heterocycles. The number of carbonyl (C=O) groups is 4. The first-order chi connectivity index (χ1) is 24.6. The number of aryl methyl sites for hydroxylation is 1. The van der Waals surface area contributed by atoms with Crippen LogP contribution < -0.4 is 52.6 Å². The third-order valence-corrected chi connectivity index (χ3v) is 9.01. The molecule has 3 aromatic carbocycles. The Labute approximate surface area is 302 Å². The van der Waals surface area contributed by atoms with Gasteiger partial charge < -0.3 is 24.4 Å². The molecule has 3 amide bonds. The van der Waals surface area contributed by atoms with Gasteiger partial charge in [0.2, 0.25) is 5.91 Å². The van der Waals surface area contributed by atoms with Crippen LogP contribution in [0.5, 0.6) is 17.2 Å². The van der Waals surface area contributed by atoms with E-state index in [1.54, 1.807) is 62.4 Å². The Morgan fingerprint density at radius 2 is 1.63 bits per heavy atom. The Hall–Kier alpha value is -5.42. The van der Waals surface area contributed by atoms with Crippen molar-refractivity contribution in [3.05, 3.63) is 71.8 Å². The number of nitrogens with one attached hydrogen (secondary N) is 2. The maximum absolute atomic E-state index is 14.0. The Morgan fingerprint density at radius 3 is 2.27 bits per heavy atom. The molecule has 16 heteroatoms. The first-order valence-electron chi connectivity index (χ1n) is 16.5. The molecule has 4 rings (SSSR count). The van der Waals surface area contributed by atoms with Gasteiger partial charge in [-0.1, -0.05) is 24.3 Å². The summed E-state index contributed by atoms with van der Waals surface area (Å²) in [6.07, 6.45) is 0.0101. The molecule has 0 saturated carbocycles. The zero-order valence-corrected chi connectivity index (χ0v) is 30.5. The van der Waals surface area contributed by atoms with Gasteiger partial charge in [-0.05, 0) is 75.6 Å². The second-order valence-corrected chi connectivity index (χ2v) is 13.1. The lowest BCUT2D eigenvalue weighted by Gasteiger charge is -2.41. The highest BCUT2D eigenvalue weighted by molar-refractivity contribution is 6.02. The number of nitrogens with zero attached hydrogens (tertiary/aromatic N) is 3. The van der Waals surface area contributed by atoms with E-state index in [2.05, 4.69) is 15.6 Å². The van der Waals surface area contributed by atoms with Gasteiger partial charge >= 0.3 is 12.0 Å². The third kappa shape index (κ3) is 8.71. The quantitative estimate of drug-likeness (QED) is 0.0914. The van der Waals surface area contributed by atoms with Crippen molar-refractivity contribution in [1.29, 1.82) is 0 Å². The van der Waals surface area contributed by atoms with E-state index in [1.165, 1.54) is 26.3 Å². The van der Waals surface area contributed by atoms with E-state index in [-0.39, 0.29) is 36.3 Å². The van der Waals surface area contributed by atoms with Gasteiger partial charge in [-0.15, -0.1) is 0 Å². The predicted molar refractivity (Wildman–Crippen MR) is 195 cm³/mol. The zero-order valence-electron chi connectivity index (χ0n) is 30.5. The monoisotopic (exact) mass is 720 g/mol. The highest BCUT2D eigenvalue weighted by Gasteiger charge is 2.41. The smallest absolute Gasteiger partial charge is 0.357 e. The average molecular weight is 721 g/mol. The van der Waals surface area contributed by atoms with Gasteiger partial charge in [0.1, 0.15) is 5.75 Å². The van der Waals surface area contributed by atoms with Gasteiger partial charge in [-0.25, -0.2) is 31.9 Å². The van der Waals surface area contributed by atoms with Crippen LogP contribution in [0.15, 0.2) is 60.7 Å². The normalized spacial score (nSPS) is 16.4. The van der Waals surface area contributed by atoms with Crippen LogP contribution in [0, 0.1) is 12.8 Å². The van der Waals surface area contributed by atoms with Crippen molar-refractivity contribution in [3.63, 3.8) is 0 Å². The summed E-state index contributed by atoms with van der Waals surface area (Å²) in [6.45, 7) is 7.11. The summed E-state index contributed by atoms with van der Waals surface area (Å²) in [7, 11) is 4.43. The molecule has 0 spiro atoms. The zero-order chi connectivity index (χ0) is 38.3. The number of hydrazine groups is 3. The van der Waals surface area contributed by atoms with Gasteiger partial charge in [0.15, 0.2) is 17.3 Å². The molecule has 3 unspecified atom stereocenters. The van der Waals surface area contributed by atoms with Crippen LogP contribution in [-0.4, -0.2) is 61.6 Å². The fourth-order valence-corrected chi connectivity index (χ4v) is 6.10. The number of carbonyl (C=O) groups excluding carboxylic acids is 4. The number of anilines is 3. The van der Waals surface area contributed by atoms with E-state index in [0.29, 0.717) is 40.6 Å². The first-order valence-corrected chi connectivity index (χ1v) is 16.5. The molecule has 3 aromatic rings. The van der Waals surface area contributed by atoms with E-state index < -0.39 is 29.5 Å². The van der Waals surface area contributed by atoms with Crippen LogP contribution in [0.3, 0.4) is 0 Å². The molecule has 1 aliphatic heterocycles. The number of amides is 3. The Kier molecular flexibility index (Phi) is 12.7. The van der Waals surface area contributed by atoms with Crippen LogP contribution in [-0.2, 0) is 19.2 Å². The molecule has 16 nitrogen and oxygen atoms in total. The maximum atomic E-state index is 14.0. The highest BCUT2D eigenvalue weighted by atomic mass is 16.7. The molecule has 52 heavy (non-hydrogen) atoms. The summed E-state index contributed by atoms with van der Waals surface area (Å²) >= 11 is 0. The minimum Gasteiger partial charge on any atom is -0.495 e. The number of benzene rings is 3. The molecule has 0 radical (unpaired) electrons. The SMILES string of the molecule is COc1cc(N(N)C(=O)N(N)c2ccccc2C)ccc1NC(C)(C)C(=O)CC1CC(C)NN(C(CC(=O)ON)c2ccc(OC)c(OC)c2)C1=O. The molecule has 8 N–H and O–H groups in total. The van der Waals surface area contributed by atoms with Gasteiger partial charge in [0.05, 0.1) is 56.4 Å². The van der Waals surface area contributed by atoms with Crippen molar-refractivity contribution >= 4 is 40.8 Å². The summed E-state index contributed by atoms with van der Waals surface area (Å²) in [6, 6.07) is 15.2. The topological polar surface area (TPSA) is 217 Å². The summed E-state index contributed by atoms with van der Waals surface area (Å²) < 4.78 is 16.4. The first kappa shape index (κ1) is 39.4. The van der Waals surface area contributed by atoms with Crippen LogP contribution >= 0.6 is 0 Å². The number of para-hydroxylation sites is 1. The molecule has 0 aliphatic carbocycles. The second-order valence-electron chi connectivity index (χ2n) is 13.1.